The lowest BCUT2D eigenvalue weighted by Gasteiger charge is -2.34. The van der Waals surface area contributed by atoms with Gasteiger partial charge >= 0.3 is 6.09 Å². The van der Waals surface area contributed by atoms with Crippen LogP contribution in [0.3, 0.4) is 0 Å². The van der Waals surface area contributed by atoms with E-state index in [0.717, 1.165) is 58.5 Å². The van der Waals surface area contributed by atoms with Crippen molar-refractivity contribution in [1.29, 1.82) is 0 Å². The van der Waals surface area contributed by atoms with Crippen LogP contribution >= 0.6 is 0 Å². The lowest BCUT2D eigenvalue weighted by molar-refractivity contribution is 0.0204. The maximum absolute atomic E-state index is 12.3. The van der Waals surface area contributed by atoms with Crippen LogP contribution in [0, 0.1) is 0 Å². The first-order valence-corrected chi connectivity index (χ1v) is 10.3. The first-order valence-electron chi connectivity index (χ1n) is 10.3. The van der Waals surface area contributed by atoms with Gasteiger partial charge in [0, 0.05) is 38.9 Å². The third-order valence-electron chi connectivity index (χ3n) is 5.44. The Labute approximate surface area is 163 Å². The highest BCUT2D eigenvalue weighted by atomic mass is 16.6. The van der Waals surface area contributed by atoms with E-state index in [1.807, 2.05) is 25.7 Å². The number of amides is 1. The zero-order valence-corrected chi connectivity index (χ0v) is 17.0. The number of carbonyl (C=O) groups excluding carboxylic acids is 1. The molecule has 0 spiro atoms. The number of likely N-dealkylation sites (tertiary alicyclic amines) is 1. The molecule has 0 saturated carbocycles. The number of nitrogens with one attached hydrogen (secondary N) is 1. The Balaban J connectivity index is 1.55. The fraction of sp³-hybridized carbons (Fsp3) is 0.682. The van der Waals surface area contributed by atoms with Gasteiger partial charge in [0.15, 0.2) is 0 Å². The first kappa shape index (κ1) is 20.2. The molecular weight excluding hydrogens is 340 g/mol. The van der Waals surface area contributed by atoms with Crippen molar-refractivity contribution in [1.82, 2.24) is 10.2 Å². The minimum Gasteiger partial charge on any atom is -0.444 e. The smallest absolute Gasteiger partial charge is 0.410 e. The quantitative estimate of drug-likeness (QED) is 0.863. The van der Waals surface area contributed by atoms with E-state index in [-0.39, 0.29) is 6.09 Å². The van der Waals surface area contributed by atoms with Crippen LogP contribution in [0.1, 0.15) is 63.5 Å². The Morgan fingerprint density at radius 1 is 1.15 bits per heavy atom. The standard InChI is InChI=1S/C22H34N2O3/c1-22(2,3)27-21(25)24-12-8-17(9-13-24)20-7-5-4-6-18(20)16-23-19-10-14-26-15-11-19/h4-7,17,19,23H,8-16H2,1-3H3. The summed E-state index contributed by atoms with van der Waals surface area (Å²) >= 11 is 0. The van der Waals surface area contributed by atoms with Crippen molar-refractivity contribution >= 4 is 6.09 Å². The predicted molar refractivity (Wildman–Crippen MR) is 107 cm³/mol. The van der Waals surface area contributed by atoms with E-state index in [0.29, 0.717) is 12.0 Å². The number of nitrogens with zero attached hydrogens (tertiary/aromatic N) is 1. The van der Waals surface area contributed by atoms with E-state index >= 15 is 0 Å². The van der Waals surface area contributed by atoms with E-state index in [2.05, 4.69) is 29.6 Å². The van der Waals surface area contributed by atoms with E-state index in [1.54, 1.807) is 0 Å². The normalized spacial score (nSPS) is 19.9. The fourth-order valence-electron chi connectivity index (χ4n) is 3.95. The molecular formula is C22H34N2O3. The van der Waals surface area contributed by atoms with Crippen LogP contribution in [0.2, 0.25) is 0 Å². The second kappa shape index (κ2) is 9.07. The summed E-state index contributed by atoms with van der Waals surface area (Å²) in [5.41, 5.74) is 2.39. The summed E-state index contributed by atoms with van der Waals surface area (Å²) < 4.78 is 11.0. The second-order valence-corrected chi connectivity index (χ2v) is 8.71. The zero-order chi connectivity index (χ0) is 19.3. The topological polar surface area (TPSA) is 50.8 Å². The minimum absolute atomic E-state index is 0.185. The maximum atomic E-state index is 12.3. The van der Waals surface area contributed by atoms with Crippen molar-refractivity contribution < 1.29 is 14.3 Å². The minimum atomic E-state index is -0.434. The van der Waals surface area contributed by atoms with Gasteiger partial charge in [0.1, 0.15) is 5.60 Å². The van der Waals surface area contributed by atoms with Crippen LogP contribution in [0.25, 0.3) is 0 Å². The Kier molecular flexibility index (Phi) is 6.77. The molecule has 150 valence electrons. The van der Waals surface area contributed by atoms with Gasteiger partial charge in [0.05, 0.1) is 0 Å². The molecule has 2 heterocycles. The first-order chi connectivity index (χ1) is 12.9. The number of benzene rings is 1. The largest absolute Gasteiger partial charge is 0.444 e. The molecule has 0 radical (unpaired) electrons. The van der Waals surface area contributed by atoms with Crippen LogP contribution in [0.4, 0.5) is 4.79 Å². The monoisotopic (exact) mass is 374 g/mol. The molecule has 3 rings (SSSR count). The predicted octanol–water partition coefficient (Wildman–Crippen LogP) is 4.07. The summed E-state index contributed by atoms with van der Waals surface area (Å²) in [6.45, 7) is 9.92. The van der Waals surface area contributed by atoms with E-state index < -0.39 is 5.60 Å². The molecule has 1 aromatic rings. The van der Waals surface area contributed by atoms with Crippen LogP contribution in [0.15, 0.2) is 24.3 Å². The lowest BCUT2D eigenvalue weighted by atomic mass is 9.86. The molecule has 0 unspecified atom stereocenters. The number of hydrogen-bond acceptors (Lipinski definition) is 4. The Morgan fingerprint density at radius 2 is 1.81 bits per heavy atom. The zero-order valence-electron chi connectivity index (χ0n) is 17.0. The average molecular weight is 375 g/mol. The van der Waals surface area contributed by atoms with Gasteiger partial charge in [-0.1, -0.05) is 24.3 Å². The van der Waals surface area contributed by atoms with Crippen molar-refractivity contribution in [2.24, 2.45) is 0 Å². The summed E-state index contributed by atoms with van der Waals surface area (Å²) in [5.74, 6) is 0.511. The van der Waals surface area contributed by atoms with Crippen LogP contribution in [-0.2, 0) is 16.0 Å². The Hall–Kier alpha value is -1.59. The molecule has 1 aromatic carbocycles. The molecule has 0 aliphatic carbocycles. The molecule has 27 heavy (non-hydrogen) atoms. The van der Waals surface area contributed by atoms with E-state index in [9.17, 15) is 4.79 Å². The summed E-state index contributed by atoms with van der Waals surface area (Å²) in [6.07, 6.45) is 3.99. The lowest BCUT2D eigenvalue weighted by Crippen LogP contribution is -2.41. The van der Waals surface area contributed by atoms with Crippen LogP contribution in [0.5, 0.6) is 0 Å². The molecule has 5 nitrogen and oxygen atoms in total. The van der Waals surface area contributed by atoms with Gasteiger partial charge in [-0.3, -0.25) is 0 Å². The number of piperidine rings is 1. The molecule has 1 amide bonds. The third-order valence-corrected chi connectivity index (χ3v) is 5.44. The molecule has 2 aliphatic heterocycles. The van der Waals surface area contributed by atoms with Gasteiger partial charge in [-0.25, -0.2) is 4.79 Å². The molecule has 2 saturated heterocycles. The highest BCUT2D eigenvalue weighted by Gasteiger charge is 2.28. The number of ether oxygens (including phenoxy) is 2. The van der Waals surface area contributed by atoms with Crippen LogP contribution in [-0.4, -0.2) is 48.9 Å². The summed E-state index contributed by atoms with van der Waals surface area (Å²) in [7, 11) is 0. The summed E-state index contributed by atoms with van der Waals surface area (Å²) in [6, 6.07) is 9.31. The Bertz CT molecular complexity index is 612. The van der Waals surface area contributed by atoms with Crippen molar-refractivity contribution in [3.8, 4) is 0 Å². The van der Waals surface area contributed by atoms with Gasteiger partial charge in [-0.15, -0.1) is 0 Å². The SMILES string of the molecule is CC(C)(C)OC(=O)N1CCC(c2ccccc2CNC2CCOCC2)CC1. The fourth-order valence-corrected chi connectivity index (χ4v) is 3.95. The molecule has 0 aromatic heterocycles. The molecule has 5 heteroatoms. The second-order valence-electron chi connectivity index (χ2n) is 8.71. The highest BCUT2D eigenvalue weighted by Crippen LogP contribution is 2.31. The molecule has 0 bridgehead atoms. The Morgan fingerprint density at radius 3 is 2.48 bits per heavy atom. The van der Waals surface area contributed by atoms with Crippen molar-refractivity contribution in [3.05, 3.63) is 35.4 Å². The van der Waals surface area contributed by atoms with Gasteiger partial charge in [0.2, 0.25) is 0 Å². The number of carbonyl (C=O) groups is 1. The van der Waals surface area contributed by atoms with Gasteiger partial charge in [-0.2, -0.15) is 0 Å². The van der Waals surface area contributed by atoms with Crippen LogP contribution < -0.4 is 5.32 Å². The van der Waals surface area contributed by atoms with Crippen molar-refractivity contribution in [2.75, 3.05) is 26.3 Å². The number of rotatable bonds is 4. The van der Waals surface area contributed by atoms with Crippen molar-refractivity contribution in [3.63, 3.8) is 0 Å². The molecule has 2 aliphatic rings. The van der Waals surface area contributed by atoms with Crippen molar-refractivity contribution in [2.45, 2.75) is 70.6 Å². The maximum Gasteiger partial charge on any atom is 0.410 e. The van der Waals surface area contributed by atoms with Gasteiger partial charge in [-0.05, 0) is 63.5 Å². The summed E-state index contributed by atoms with van der Waals surface area (Å²) in [5, 5.41) is 3.71. The van der Waals surface area contributed by atoms with Gasteiger partial charge in [0.25, 0.3) is 0 Å². The summed E-state index contributed by atoms with van der Waals surface area (Å²) in [4.78, 5) is 14.1. The van der Waals surface area contributed by atoms with E-state index in [4.69, 9.17) is 9.47 Å². The van der Waals surface area contributed by atoms with E-state index in [1.165, 1.54) is 11.1 Å². The average Bonchev–Trinajstić information content (AvgIpc) is 2.66. The molecule has 2 fully saturated rings. The number of hydrogen-bond donors (Lipinski definition) is 1. The highest BCUT2D eigenvalue weighted by molar-refractivity contribution is 5.68. The van der Waals surface area contributed by atoms with Gasteiger partial charge < -0.3 is 19.7 Å². The molecule has 1 N–H and O–H groups in total. The third kappa shape index (κ3) is 5.94. The molecule has 0 atom stereocenters.